The van der Waals surface area contributed by atoms with Gasteiger partial charge in [0.1, 0.15) is 0 Å². The van der Waals surface area contributed by atoms with Crippen molar-refractivity contribution in [3.63, 3.8) is 0 Å². The molecule has 29 heavy (non-hydrogen) atoms. The number of carbonyl (C=O) groups excluding carboxylic acids is 1. The number of hydrogen-bond donors (Lipinski definition) is 4. The molecule has 0 spiro atoms. The molecule has 0 unspecified atom stereocenters. The normalized spacial score (nSPS) is 16.7. The zero-order chi connectivity index (χ0) is 20.8. The number of thiol groups is 1. The fraction of sp³-hybridized carbons (Fsp3) is 0.500. The summed E-state index contributed by atoms with van der Waals surface area (Å²) < 4.78 is 40.7. The minimum atomic E-state index is -3.96. The highest BCUT2D eigenvalue weighted by atomic mass is 32.3. The second-order valence-corrected chi connectivity index (χ2v) is 9.41. The third-order valence-corrected chi connectivity index (χ3v) is 6.76. The first-order valence-corrected chi connectivity index (χ1v) is 11.4. The van der Waals surface area contributed by atoms with E-state index >= 15 is 0 Å². The number of halogens is 2. The van der Waals surface area contributed by atoms with Gasteiger partial charge in [-0.2, -0.15) is 13.9 Å². The van der Waals surface area contributed by atoms with Crippen molar-refractivity contribution in [3.8, 4) is 0 Å². The van der Waals surface area contributed by atoms with Crippen molar-refractivity contribution < 1.29 is 17.8 Å². The van der Waals surface area contributed by atoms with Crippen LogP contribution in [0.25, 0.3) is 0 Å². The summed E-state index contributed by atoms with van der Waals surface area (Å²) in [5, 5.41) is 11.8. The average molecular weight is 426 g/mol. The number of alkyl halides is 2. The summed E-state index contributed by atoms with van der Waals surface area (Å²) in [7, 11) is -3.96. The van der Waals surface area contributed by atoms with Crippen LogP contribution in [0.5, 0.6) is 0 Å². The molecule has 2 aliphatic carbocycles. The first-order chi connectivity index (χ1) is 13.8. The van der Waals surface area contributed by atoms with Gasteiger partial charge >= 0.3 is 12.6 Å². The first kappa shape index (κ1) is 19.9. The molecular weight excluding hydrogens is 402 g/mol. The molecule has 0 aliphatic heterocycles. The highest BCUT2D eigenvalue weighted by Crippen LogP contribution is 2.47. The largest absolute Gasteiger partial charge is 0.333 e. The second kappa shape index (κ2) is 7.45. The molecule has 8 nitrogen and oxygen atoms in total. The molecule has 0 bridgehead atoms. The number of aromatic nitrogens is 3. The summed E-state index contributed by atoms with van der Waals surface area (Å²) in [6.07, 6.45) is 6.47. The lowest BCUT2D eigenvalue weighted by Crippen LogP contribution is -2.45. The van der Waals surface area contributed by atoms with Crippen LogP contribution >= 0.6 is 0 Å². The molecule has 4 rings (SSSR count). The Balaban J connectivity index is 1.60. The fourth-order valence-corrected chi connectivity index (χ4v) is 4.83. The van der Waals surface area contributed by atoms with E-state index < -0.39 is 22.9 Å². The summed E-state index contributed by atoms with van der Waals surface area (Å²) >= 11 is 0. The number of pyridine rings is 1. The number of nitrogens with two attached hydrogens (primary N) is 1. The van der Waals surface area contributed by atoms with Crippen molar-refractivity contribution in [3.05, 3.63) is 34.8 Å². The number of carbonyl (C=O) groups is 1. The second-order valence-electron chi connectivity index (χ2n) is 7.41. The van der Waals surface area contributed by atoms with Gasteiger partial charge in [-0.1, -0.05) is 6.92 Å². The number of aryl methyl sites for hydroxylation is 2. The first-order valence-electron chi connectivity index (χ1n) is 9.66. The molecule has 0 aromatic carbocycles. The Morgan fingerprint density at radius 3 is 2.79 bits per heavy atom. The van der Waals surface area contributed by atoms with Gasteiger partial charge in [0.25, 0.3) is 0 Å². The van der Waals surface area contributed by atoms with Gasteiger partial charge in [-0.15, -0.1) is 0 Å². The lowest BCUT2D eigenvalue weighted by atomic mass is 9.99. The SMILES string of the molecule is CCc1nc2c(c(NC(=O)N[SH](N)(=O)c3ccn(C(F)F)n3)c1C1CC1)CCC2. The number of nitrogens with one attached hydrogen (secondary N) is 2. The lowest BCUT2D eigenvalue weighted by Gasteiger charge is -2.22. The Morgan fingerprint density at radius 2 is 2.17 bits per heavy atom. The van der Waals surface area contributed by atoms with E-state index in [1.54, 1.807) is 0 Å². The number of rotatable bonds is 6. The molecule has 0 saturated heterocycles. The highest BCUT2D eigenvalue weighted by molar-refractivity contribution is 7.99. The third kappa shape index (κ3) is 3.88. The van der Waals surface area contributed by atoms with Crippen LogP contribution in [0.4, 0.5) is 19.3 Å². The molecule has 2 aliphatic rings. The van der Waals surface area contributed by atoms with E-state index in [1.807, 2.05) is 6.92 Å². The summed E-state index contributed by atoms with van der Waals surface area (Å²) in [4.78, 5) is 17.5. The Labute approximate surface area is 167 Å². The summed E-state index contributed by atoms with van der Waals surface area (Å²) in [6, 6.07) is 0.369. The molecule has 0 radical (unpaired) electrons. The Hall–Kier alpha value is -2.40. The van der Waals surface area contributed by atoms with E-state index in [0.717, 1.165) is 79.0 Å². The molecule has 2 amide bonds. The molecule has 1 fully saturated rings. The van der Waals surface area contributed by atoms with E-state index in [-0.39, 0.29) is 5.03 Å². The maximum absolute atomic E-state index is 12.7. The summed E-state index contributed by atoms with van der Waals surface area (Å²) in [6.45, 7) is -0.849. The summed E-state index contributed by atoms with van der Waals surface area (Å²) in [5.74, 6) is 0.366. The van der Waals surface area contributed by atoms with E-state index in [1.165, 1.54) is 0 Å². The van der Waals surface area contributed by atoms with Gasteiger partial charge in [-0.3, -0.25) is 14.8 Å². The summed E-state index contributed by atoms with van der Waals surface area (Å²) in [5.41, 5.74) is 4.79. The molecule has 158 valence electrons. The van der Waals surface area contributed by atoms with Crippen LogP contribution in [-0.2, 0) is 29.6 Å². The fourth-order valence-electron chi connectivity index (χ4n) is 3.84. The Bertz CT molecular complexity index is 1000. The average Bonchev–Trinajstić information content (AvgIpc) is 3.17. The zero-order valence-corrected chi connectivity index (χ0v) is 16.9. The van der Waals surface area contributed by atoms with Gasteiger partial charge < -0.3 is 5.32 Å². The maximum atomic E-state index is 12.7. The van der Waals surface area contributed by atoms with Crippen molar-refractivity contribution >= 4 is 22.0 Å². The van der Waals surface area contributed by atoms with Crippen molar-refractivity contribution in [2.45, 2.75) is 62.9 Å². The molecule has 11 heteroatoms. The standard InChI is InChI=1S/C18H24F2N6O2S/c1-2-12-15(10-6-7-10)16(11-4-3-5-13(11)22-12)23-18(27)25-29(21,28)14-8-9-26(24-14)17(19)20/h8-10,17,29H,2-7H2,1H3,(H4,21,22,23,25,27,28). The van der Waals surface area contributed by atoms with Gasteiger partial charge in [0, 0.05) is 33.5 Å². The maximum Gasteiger partial charge on any atom is 0.333 e. The van der Waals surface area contributed by atoms with Gasteiger partial charge in [0.2, 0.25) is 0 Å². The van der Waals surface area contributed by atoms with Crippen LogP contribution in [0, 0.1) is 0 Å². The van der Waals surface area contributed by atoms with E-state index in [4.69, 9.17) is 10.1 Å². The monoisotopic (exact) mass is 426 g/mol. The molecule has 0 atom stereocenters. The van der Waals surface area contributed by atoms with Gasteiger partial charge in [-0.05, 0) is 56.1 Å². The van der Waals surface area contributed by atoms with Crippen molar-refractivity contribution in [2.75, 3.05) is 5.32 Å². The predicted octanol–water partition coefficient (Wildman–Crippen LogP) is 2.59. The number of urea groups is 1. The quantitative estimate of drug-likeness (QED) is 0.532. The van der Waals surface area contributed by atoms with E-state index in [9.17, 15) is 17.8 Å². The highest BCUT2D eigenvalue weighted by Gasteiger charge is 2.33. The minimum Gasteiger partial charge on any atom is -0.307 e. The van der Waals surface area contributed by atoms with E-state index in [0.29, 0.717) is 10.6 Å². The number of anilines is 1. The number of amides is 2. The van der Waals surface area contributed by atoms with E-state index in [2.05, 4.69) is 15.1 Å². The molecule has 2 heterocycles. The zero-order valence-electron chi connectivity index (χ0n) is 16.0. The van der Waals surface area contributed by atoms with Crippen LogP contribution in [0.15, 0.2) is 17.3 Å². The van der Waals surface area contributed by atoms with Gasteiger partial charge in [-0.25, -0.2) is 13.7 Å². The Kier molecular flexibility index (Phi) is 5.11. The molecule has 2 aromatic rings. The third-order valence-electron chi connectivity index (χ3n) is 5.30. The topological polar surface area (TPSA) is 115 Å². The van der Waals surface area contributed by atoms with Crippen molar-refractivity contribution in [1.82, 2.24) is 19.5 Å². The van der Waals surface area contributed by atoms with Gasteiger partial charge in [0.05, 0.1) is 5.69 Å². The molecule has 2 aromatic heterocycles. The number of nitrogens with zero attached hydrogens (tertiary/aromatic N) is 3. The van der Waals surface area contributed by atoms with Crippen molar-refractivity contribution in [2.24, 2.45) is 5.14 Å². The number of hydrogen-bond acceptors (Lipinski definition) is 4. The molecule has 4 N–H and O–H groups in total. The van der Waals surface area contributed by atoms with Crippen LogP contribution in [0.2, 0.25) is 0 Å². The minimum absolute atomic E-state index is 0.287. The Morgan fingerprint density at radius 1 is 1.41 bits per heavy atom. The molecular formula is C18H24F2N6O2S. The smallest absolute Gasteiger partial charge is 0.307 e. The van der Waals surface area contributed by atoms with Crippen LogP contribution < -0.4 is 15.2 Å². The van der Waals surface area contributed by atoms with Crippen LogP contribution in [0.3, 0.4) is 0 Å². The molecule has 1 saturated carbocycles. The van der Waals surface area contributed by atoms with Crippen molar-refractivity contribution in [1.29, 1.82) is 0 Å². The van der Waals surface area contributed by atoms with Crippen LogP contribution in [-0.4, -0.2) is 25.0 Å². The van der Waals surface area contributed by atoms with Crippen LogP contribution in [0.1, 0.15) is 61.2 Å². The van der Waals surface area contributed by atoms with Gasteiger partial charge in [0.15, 0.2) is 5.03 Å². The lowest BCUT2D eigenvalue weighted by molar-refractivity contribution is 0.0553. The number of fused-ring (bicyclic) bond motifs is 1. The predicted molar refractivity (Wildman–Crippen MR) is 105 cm³/mol.